The Kier molecular flexibility index (Phi) is 2.78. The molecule has 68 valence electrons. The van der Waals surface area contributed by atoms with Gasteiger partial charge in [0.05, 0.1) is 0 Å². The fourth-order valence-corrected chi connectivity index (χ4v) is 1.33. The third-order valence-electron chi connectivity index (χ3n) is 2.05. The van der Waals surface area contributed by atoms with Gasteiger partial charge in [0.25, 0.3) is 11.7 Å². The van der Waals surface area contributed by atoms with Crippen LogP contribution in [0.1, 0.15) is 12.8 Å². The lowest BCUT2D eigenvalue weighted by Gasteiger charge is -2.20. The molecule has 5 nitrogen and oxygen atoms in total. The van der Waals surface area contributed by atoms with Crippen molar-refractivity contribution in [3.8, 4) is 0 Å². The molecule has 0 bridgehead atoms. The predicted molar refractivity (Wildman–Crippen MR) is 43.0 cm³/mol. The summed E-state index contributed by atoms with van der Waals surface area (Å²) in [6.45, 7) is 1.56. The zero-order valence-corrected chi connectivity index (χ0v) is 6.82. The molecule has 1 heterocycles. The van der Waals surface area contributed by atoms with Gasteiger partial charge in [-0.3, -0.25) is 14.5 Å². The van der Waals surface area contributed by atoms with Crippen LogP contribution in [0.5, 0.6) is 0 Å². The molecule has 1 unspecified atom stereocenters. The van der Waals surface area contributed by atoms with Gasteiger partial charge in [-0.2, -0.15) is 0 Å². The molecule has 1 rings (SSSR count). The van der Waals surface area contributed by atoms with Crippen LogP contribution in [0.4, 0.5) is 0 Å². The Morgan fingerprint density at radius 3 is 2.17 bits per heavy atom. The third kappa shape index (κ3) is 1.80. The topological polar surface area (TPSA) is 89.4 Å². The number of hydrogen-bond donors (Lipinski definition) is 2. The number of amides is 1. The highest BCUT2D eigenvalue weighted by molar-refractivity contribution is 6.37. The van der Waals surface area contributed by atoms with Gasteiger partial charge < -0.3 is 11.5 Å². The zero-order valence-electron chi connectivity index (χ0n) is 6.82. The first-order valence-corrected chi connectivity index (χ1v) is 3.96. The van der Waals surface area contributed by atoms with Gasteiger partial charge in [-0.1, -0.05) is 0 Å². The molecule has 5 heteroatoms. The molecule has 0 radical (unpaired) electrons. The number of nitrogens with two attached hydrogens (primary N) is 2. The van der Waals surface area contributed by atoms with Crippen LogP contribution in [0.3, 0.4) is 0 Å². The molecule has 4 N–H and O–H groups in total. The summed E-state index contributed by atoms with van der Waals surface area (Å²) < 4.78 is 0. The van der Waals surface area contributed by atoms with E-state index in [1.807, 2.05) is 0 Å². The Morgan fingerprint density at radius 1 is 1.25 bits per heavy atom. The van der Waals surface area contributed by atoms with Gasteiger partial charge in [0.15, 0.2) is 0 Å². The second-order valence-electron chi connectivity index (χ2n) is 2.92. The Labute approximate surface area is 70.7 Å². The lowest BCUT2D eigenvalue weighted by Crippen LogP contribution is -2.50. The molecule has 1 aliphatic heterocycles. The summed E-state index contributed by atoms with van der Waals surface area (Å²) in [4.78, 5) is 23.2. The van der Waals surface area contributed by atoms with E-state index in [0.29, 0.717) is 0 Å². The maximum Gasteiger partial charge on any atom is 0.287 e. The van der Waals surface area contributed by atoms with E-state index in [4.69, 9.17) is 11.5 Å². The van der Waals surface area contributed by atoms with Crippen LogP contribution in [-0.4, -0.2) is 35.8 Å². The molecular weight excluding hydrogens is 158 g/mol. The Morgan fingerprint density at radius 2 is 1.75 bits per heavy atom. The van der Waals surface area contributed by atoms with E-state index in [9.17, 15) is 9.59 Å². The van der Waals surface area contributed by atoms with Gasteiger partial charge in [-0.05, 0) is 12.8 Å². The van der Waals surface area contributed by atoms with Gasteiger partial charge in [-0.25, -0.2) is 0 Å². The average Bonchev–Trinajstić information content (AvgIpc) is 2.53. The molecule has 0 aromatic carbocycles. The predicted octanol–water partition coefficient (Wildman–Crippen LogP) is -1.58. The highest BCUT2D eigenvalue weighted by Crippen LogP contribution is 2.09. The molecule has 0 saturated carbocycles. The first kappa shape index (κ1) is 9.15. The Bertz CT molecular complexity index is 199. The van der Waals surface area contributed by atoms with Crippen LogP contribution in [0, 0.1) is 0 Å². The molecule has 1 atom stereocenters. The minimum atomic E-state index is -0.950. The molecule has 1 fully saturated rings. The normalized spacial score (nSPS) is 20.8. The first-order chi connectivity index (χ1) is 5.63. The van der Waals surface area contributed by atoms with Crippen molar-refractivity contribution >= 4 is 11.7 Å². The molecule has 0 aromatic heterocycles. The highest BCUT2D eigenvalue weighted by atomic mass is 16.2. The minimum Gasteiger partial charge on any atom is -0.363 e. The summed E-state index contributed by atoms with van der Waals surface area (Å²) in [5, 5.41) is 0. The largest absolute Gasteiger partial charge is 0.363 e. The summed E-state index contributed by atoms with van der Waals surface area (Å²) >= 11 is 0. The fraction of sp³-hybridized carbons (Fsp3) is 0.714. The van der Waals surface area contributed by atoms with Gasteiger partial charge in [0.2, 0.25) is 0 Å². The van der Waals surface area contributed by atoms with E-state index in [1.165, 1.54) is 0 Å². The van der Waals surface area contributed by atoms with Gasteiger partial charge in [0, 0.05) is 13.1 Å². The number of nitrogens with zero attached hydrogens (tertiary/aromatic N) is 1. The smallest absolute Gasteiger partial charge is 0.287 e. The van der Waals surface area contributed by atoms with Crippen LogP contribution in [0.15, 0.2) is 0 Å². The number of carbonyl (C=O) groups excluding carboxylic acids is 2. The lowest BCUT2D eigenvalue weighted by atomic mass is 10.3. The van der Waals surface area contributed by atoms with Crippen molar-refractivity contribution in [3.63, 3.8) is 0 Å². The fourth-order valence-electron chi connectivity index (χ4n) is 1.33. The van der Waals surface area contributed by atoms with Crippen LogP contribution in [0.2, 0.25) is 0 Å². The third-order valence-corrected chi connectivity index (χ3v) is 2.05. The van der Waals surface area contributed by atoms with Crippen LogP contribution >= 0.6 is 0 Å². The summed E-state index contributed by atoms with van der Waals surface area (Å²) in [6.07, 6.45) is 1.23. The summed E-state index contributed by atoms with van der Waals surface area (Å²) in [7, 11) is 0. The van der Waals surface area contributed by atoms with E-state index in [2.05, 4.69) is 0 Å². The molecule has 12 heavy (non-hydrogen) atoms. The van der Waals surface area contributed by atoms with Crippen molar-refractivity contribution in [1.29, 1.82) is 0 Å². The van der Waals surface area contributed by atoms with Crippen molar-refractivity contribution in [2.24, 2.45) is 11.5 Å². The number of primary amides is 1. The van der Waals surface area contributed by atoms with Gasteiger partial charge in [0.1, 0.15) is 6.17 Å². The Hall–Kier alpha value is -0.940. The van der Waals surface area contributed by atoms with Crippen LogP contribution in [0.25, 0.3) is 0 Å². The number of likely N-dealkylation sites (tertiary alicyclic amines) is 1. The summed E-state index contributed by atoms with van der Waals surface area (Å²) in [6, 6.07) is 0. The molecule has 0 aliphatic carbocycles. The second kappa shape index (κ2) is 3.64. The van der Waals surface area contributed by atoms with E-state index < -0.39 is 17.9 Å². The van der Waals surface area contributed by atoms with Crippen molar-refractivity contribution in [1.82, 2.24) is 4.90 Å². The maximum absolute atomic E-state index is 11.0. The van der Waals surface area contributed by atoms with Crippen LogP contribution < -0.4 is 11.5 Å². The summed E-state index contributed by atoms with van der Waals surface area (Å²) in [5.74, 6) is -1.65. The van der Waals surface area contributed by atoms with Gasteiger partial charge in [-0.15, -0.1) is 0 Å². The minimum absolute atomic E-state index is 0.697. The van der Waals surface area contributed by atoms with E-state index >= 15 is 0 Å². The molecular formula is C7H13N3O2. The van der Waals surface area contributed by atoms with E-state index in [0.717, 1.165) is 25.9 Å². The van der Waals surface area contributed by atoms with E-state index in [-0.39, 0.29) is 0 Å². The number of carbonyl (C=O) groups is 2. The average molecular weight is 171 g/mol. The van der Waals surface area contributed by atoms with Crippen LogP contribution in [-0.2, 0) is 9.59 Å². The first-order valence-electron chi connectivity index (χ1n) is 3.96. The molecule has 1 saturated heterocycles. The lowest BCUT2D eigenvalue weighted by molar-refractivity contribution is -0.138. The molecule has 0 spiro atoms. The highest BCUT2D eigenvalue weighted by Gasteiger charge is 2.27. The molecule has 0 aromatic rings. The monoisotopic (exact) mass is 171 g/mol. The maximum atomic E-state index is 11.0. The number of hydrogen-bond acceptors (Lipinski definition) is 4. The van der Waals surface area contributed by atoms with Crippen molar-refractivity contribution in [2.45, 2.75) is 19.0 Å². The number of Topliss-reactive ketones (excluding diaryl/α,β-unsaturated/α-hetero) is 1. The quantitative estimate of drug-likeness (QED) is 0.501. The zero-order chi connectivity index (χ0) is 9.14. The summed E-state index contributed by atoms with van der Waals surface area (Å²) in [5.41, 5.74) is 10.3. The number of ketones is 1. The Balaban J connectivity index is 2.51. The number of rotatable bonds is 3. The van der Waals surface area contributed by atoms with Crippen molar-refractivity contribution in [2.75, 3.05) is 13.1 Å². The van der Waals surface area contributed by atoms with Crippen molar-refractivity contribution in [3.05, 3.63) is 0 Å². The standard InChI is InChI=1S/C7H13N3O2/c8-6(5(11)7(9)12)10-3-1-2-4-10/h6H,1-4,8H2,(H2,9,12). The van der Waals surface area contributed by atoms with Gasteiger partial charge >= 0.3 is 0 Å². The second-order valence-corrected chi connectivity index (χ2v) is 2.92. The molecule has 1 amide bonds. The van der Waals surface area contributed by atoms with E-state index in [1.54, 1.807) is 4.90 Å². The molecule has 1 aliphatic rings. The SMILES string of the molecule is NC(=O)C(=O)C(N)N1CCCC1. The van der Waals surface area contributed by atoms with Crippen molar-refractivity contribution < 1.29 is 9.59 Å².